The van der Waals surface area contributed by atoms with E-state index >= 15 is 0 Å². The summed E-state index contributed by atoms with van der Waals surface area (Å²) < 4.78 is 11.0. The molecule has 0 aliphatic rings. The van der Waals surface area contributed by atoms with Gasteiger partial charge in [0.15, 0.2) is 5.13 Å². The molecule has 4 rings (SSSR count). The molecule has 6 heteroatoms. The molecular formula is C26H24N2O3S. The van der Waals surface area contributed by atoms with Gasteiger partial charge in [-0.3, -0.25) is 9.69 Å². The Bertz CT molecular complexity index is 1180. The predicted octanol–water partition coefficient (Wildman–Crippen LogP) is 5.98. The fraction of sp³-hybridized carbons (Fsp3) is 0.154. The lowest BCUT2D eigenvalue weighted by molar-refractivity contribution is 0.0984. The Hall–Kier alpha value is -3.64. The number of amides is 1. The summed E-state index contributed by atoms with van der Waals surface area (Å²) >= 11 is 1.45. The second-order valence-electron chi connectivity index (χ2n) is 7.26. The Morgan fingerprint density at radius 2 is 1.53 bits per heavy atom. The van der Waals surface area contributed by atoms with Crippen molar-refractivity contribution in [3.63, 3.8) is 0 Å². The lowest BCUT2D eigenvalue weighted by atomic mass is 10.1. The average molecular weight is 445 g/mol. The molecule has 5 nitrogen and oxygen atoms in total. The molecule has 3 aromatic carbocycles. The number of benzene rings is 3. The number of aromatic nitrogens is 1. The first-order chi connectivity index (χ1) is 15.6. The van der Waals surface area contributed by atoms with Crippen LogP contribution in [0.1, 0.15) is 21.5 Å². The molecular weight excluding hydrogens is 420 g/mol. The van der Waals surface area contributed by atoms with Gasteiger partial charge in [0.2, 0.25) is 0 Å². The zero-order chi connectivity index (χ0) is 22.5. The van der Waals surface area contributed by atoms with Crippen molar-refractivity contribution in [3.8, 4) is 22.8 Å². The van der Waals surface area contributed by atoms with Gasteiger partial charge in [0.25, 0.3) is 5.91 Å². The van der Waals surface area contributed by atoms with Gasteiger partial charge in [-0.05, 0) is 24.6 Å². The van der Waals surface area contributed by atoms with Crippen LogP contribution in [0.25, 0.3) is 11.3 Å². The Kier molecular flexibility index (Phi) is 6.52. The third-order valence-electron chi connectivity index (χ3n) is 5.22. The molecule has 1 amide bonds. The zero-order valence-corrected chi connectivity index (χ0v) is 19.1. The summed E-state index contributed by atoms with van der Waals surface area (Å²) in [7, 11) is 3.18. The molecule has 0 saturated carbocycles. The van der Waals surface area contributed by atoms with E-state index in [2.05, 4.69) is 0 Å². The number of hydrogen-bond acceptors (Lipinski definition) is 5. The van der Waals surface area contributed by atoms with Crippen LogP contribution in [0.3, 0.4) is 0 Å². The third-order valence-corrected chi connectivity index (χ3v) is 6.08. The van der Waals surface area contributed by atoms with Crippen LogP contribution in [0.2, 0.25) is 0 Å². The Morgan fingerprint density at radius 3 is 2.12 bits per heavy atom. The van der Waals surface area contributed by atoms with E-state index in [1.54, 1.807) is 31.3 Å². The zero-order valence-electron chi connectivity index (χ0n) is 18.2. The van der Waals surface area contributed by atoms with Gasteiger partial charge in [0, 0.05) is 22.1 Å². The van der Waals surface area contributed by atoms with E-state index in [-0.39, 0.29) is 5.91 Å². The number of anilines is 1. The minimum atomic E-state index is -0.167. The number of ether oxygens (including phenoxy) is 2. The molecule has 32 heavy (non-hydrogen) atoms. The smallest absolute Gasteiger partial charge is 0.260 e. The van der Waals surface area contributed by atoms with Gasteiger partial charge >= 0.3 is 0 Å². The molecule has 4 aromatic rings. The molecule has 0 spiro atoms. The summed E-state index contributed by atoms with van der Waals surface area (Å²) in [5.74, 6) is 1.05. The van der Waals surface area contributed by atoms with E-state index in [0.29, 0.717) is 28.7 Å². The van der Waals surface area contributed by atoms with Gasteiger partial charge in [0.05, 0.1) is 26.5 Å². The number of thiazole rings is 1. The van der Waals surface area contributed by atoms with Crippen molar-refractivity contribution in [2.45, 2.75) is 13.5 Å². The lowest BCUT2D eigenvalue weighted by Crippen LogP contribution is -2.30. The highest BCUT2D eigenvalue weighted by Gasteiger charge is 2.24. The van der Waals surface area contributed by atoms with Crippen molar-refractivity contribution in [1.29, 1.82) is 0 Å². The lowest BCUT2D eigenvalue weighted by Gasteiger charge is -2.21. The van der Waals surface area contributed by atoms with Gasteiger partial charge in [-0.15, -0.1) is 11.3 Å². The van der Waals surface area contributed by atoms with Crippen molar-refractivity contribution in [1.82, 2.24) is 4.98 Å². The van der Waals surface area contributed by atoms with E-state index in [1.165, 1.54) is 11.3 Å². The monoisotopic (exact) mass is 444 g/mol. The SMILES string of the molecule is COc1cc(C(=O)N(Cc2ccccc2)c2nc(-c3ccccc3)cs2)cc(OC)c1C. The number of nitrogens with zero attached hydrogens (tertiary/aromatic N) is 2. The third kappa shape index (κ3) is 4.50. The Morgan fingerprint density at radius 1 is 0.938 bits per heavy atom. The van der Waals surface area contributed by atoms with Crippen LogP contribution in [0.4, 0.5) is 5.13 Å². The van der Waals surface area contributed by atoms with Crippen LogP contribution in [0.15, 0.2) is 78.2 Å². The quantitative estimate of drug-likeness (QED) is 0.352. The highest BCUT2D eigenvalue weighted by Crippen LogP contribution is 2.33. The normalized spacial score (nSPS) is 10.6. The van der Waals surface area contributed by atoms with E-state index < -0.39 is 0 Å². The van der Waals surface area contributed by atoms with Crippen molar-refractivity contribution in [2.24, 2.45) is 0 Å². The van der Waals surface area contributed by atoms with Crippen LogP contribution in [0, 0.1) is 6.92 Å². The van der Waals surface area contributed by atoms with E-state index in [1.807, 2.05) is 73.0 Å². The molecule has 0 saturated heterocycles. The molecule has 0 fully saturated rings. The summed E-state index contributed by atoms with van der Waals surface area (Å²) in [4.78, 5) is 20.2. The van der Waals surface area contributed by atoms with Crippen LogP contribution < -0.4 is 14.4 Å². The molecule has 1 aromatic heterocycles. The van der Waals surface area contributed by atoms with Gasteiger partial charge < -0.3 is 9.47 Å². The van der Waals surface area contributed by atoms with E-state index in [0.717, 1.165) is 22.4 Å². The molecule has 0 N–H and O–H groups in total. The Balaban J connectivity index is 1.75. The van der Waals surface area contributed by atoms with Gasteiger partial charge in [-0.1, -0.05) is 60.7 Å². The molecule has 0 unspecified atom stereocenters. The molecule has 0 atom stereocenters. The van der Waals surface area contributed by atoms with E-state index in [4.69, 9.17) is 14.5 Å². The molecule has 0 radical (unpaired) electrons. The molecule has 0 aliphatic carbocycles. The van der Waals surface area contributed by atoms with Crippen molar-refractivity contribution in [2.75, 3.05) is 19.1 Å². The van der Waals surface area contributed by atoms with Crippen molar-refractivity contribution in [3.05, 3.63) is 94.9 Å². The van der Waals surface area contributed by atoms with Crippen molar-refractivity contribution < 1.29 is 14.3 Å². The highest BCUT2D eigenvalue weighted by molar-refractivity contribution is 7.14. The summed E-state index contributed by atoms with van der Waals surface area (Å²) in [6, 6.07) is 23.4. The van der Waals surface area contributed by atoms with Gasteiger partial charge in [-0.25, -0.2) is 4.98 Å². The molecule has 162 valence electrons. The summed E-state index contributed by atoms with van der Waals surface area (Å²) in [6.45, 7) is 2.31. The van der Waals surface area contributed by atoms with Crippen molar-refractivity contribution >= 4 is 22.4 Å². The maximum Gasteiger partial charge on any atom is 0.260 e. The second-order valence-corrected chi connectivity index (χ2v) is 8.10. The molecule has 0 bridgehead atoms. The van der Waals surface area contributed by atoms with Crippen LogP contribution >= 0.6 is 11.3 Å². The molecule has 0 aliphatic heterocycles. The minimum Gasteiger partial charge on any atom is -0.496 e. The van der Waals surface area contributed by atoms with E-state index in [9.17, 15) is 4.79 Å². The summed E-state index contributed by atoms with van der Waals surface area (Å²) in [5.41, 5.74) is 4.21. The second kappa shape index (κ2) is 9.66. The fourth-order valence-electron chi connectivity index (χ4n) is 3.49. The maximum absolute atomic E-state index is 13.7. The number of carbonyl (C=O) groups excluding carboxylic acids is 1. The number of methoxy groups -OCH3 is 2. The van der Waals surface area contributed by atoms with Gasteiger partial charge in [0.1, 0.15) is 11.5 Å². The highest BCUT2D eigenvalue weighted by atomic mass is 32.1. The van der Waals surface area contributed by atoms with Crippen LogP contribution in [-0.4, -0.2) is 25.1 Å². The Labute approximate surface area is 191 Å². The minimum absolute atomic E-state index is 0.167. The number of hydrogen-bond donors (Lipinski definition) is 0. The largest absolute Gasteiger partial charge is 0.496 e. The standard InChI is InChI=1S/C26H24N2O3S/c1-18-23(30-2)14-21(15-24(18)31-3)25(29)28(16-19-10-6-4-7-11-19)26-27-22(17-32-26)20-12-8-5-9-13-20/h4-15,17H,16H2,1-3H3. The predicted molar refractivity (Wildman–Crippen MR) is 129 cm³/mol. The number of carbonyl (C=O) groups is 1. The van der Waals surface area contributed by atoms with Crippen LogP contribution in [-0.2, 0) is 6.54 Å². The van der Waals surface area contributed by atoms with Crippen LogP contribution in [0.5, 0.6) is 11.5 Å². The fourth-order valence-corrected chi connectivity index (χ4v) is 4.32. The average Bonchev–Trinajstić information content (AvgIpc) is 3.33. The molecule has 1 heterocycles. The first-order valence-electron chi connectivity index (χ1n) is 10.2. The first kappa shape index (κ1) is 21.6. The topological polar surface area (TPSA) is 51.7 Å². The van der Waals surface area contributed by atoms with Gasteiger partial charge in [-0.2, -0.15) is 0 Å². The number of rotatable bonds is 7. The maximum atomic E-state index is 13.7. The first-order valence-corrected chi connectivity index (χ1v) is 11.1. The summed E-state index contributed by atoms with van der Waals surface area (Å²) in [6.07, 6.45) is 0. The summed E-state index contributed by atoms with van der Waals surface area (Å²) in [5, 5.41) is 2.61.